The highest BCUT2D eigenvalue weighted by atomic mass is 16.5. The third kappa shape index (κ3) is 2.30. The first kappa shape index (κ1) is 12.4. The first-order valence-electron chi connectivity index (χ1n) is 5.78. The molecule has 2 rings (SSSR count). The van der Waals surface area contributed by atoms with Gasteiger partial charge in [-0.2, -0.15) is 0 Å². The quantitative estimate of drug-likeness (QED) is 0.824. The van der Waals surface area contributed by atoms with Crippen molar-refractivity contribution in [3.63, 3.8) is 0 Å². The molecule has 5 heteroatoms. The van der Waals surface area contributed by atoms with Crippen LogP contribution in [0.4, 0.5) is 0 Å². The van der Waals surface area contributed by atoms with Crippen molar-refractivity contribution in [2.45, 2.75) is 13.3 Å². The third-order valence-corrected chi connectivity index (χ3v) is 2.78. The average molecular weight is 250 g/mol. The van der Waals surface area contributed by atoms with Gasteiger partial charge in [0.2, 0.25) is 0 Å². The highest BCUT2D eigenvalue weighted by Crippen LogP contribution is 2.34. The van der Waals surface area contributed by atoms with Gasteiger partial charge in [0.25, 0.3) is 0 Å². The number of carbonyl (C=O) groups excluding carboxylic acids is 2. The van der Waals surface area contributed by atoms with E-state index in [0.717, 1.165) is 0 Å². The van der Waals surface area contributed by atoms with Gasteiger partial charge in [0.15, 0.2) is 5.78 Å². The second-order valence-corrected chi connectivity index (χ2v) is 4.03. The Morgan fingerprint density at radius 2 is 2.33 bits per heavy atom. The molecule has 1 aliphatic heterocycles. The number of hydrogen-bond acceptors (Lipinski definition) is 5. The summed E-state index contributed by atoms with van der Waals surface area (Å²) in [7, 11) is 0. The molecule has 0 radical (unpaired) electrons. The van der Waals surface area contributed by atoms with E-state index in [4.69, 9.17) is 9.47 Å². The summed E-state index contributed by atoms with van der Waals surface area (Å²) in [5, 5.41) is 9.67. The topological polar surface area (TPSA) is 72.8 Å². The molecule has 1 aromatic rings. The molecule has 96 valence electrons. The van der Waals surface area contributed by atoms with Gasteiger partial charge < -0.3 is 14.6 Å². The Bertz CT molecular complexity index is 480. The monoisotopic (exact) mass is 250 g/mol. The molecule has 0 fully saturated rings. The Morgan fingerprint density at radius 3 is 3.06 bits per heavy atom. The molecule has 1 heterocycles. The first-order chi connectivity index (χ1) is 8.63. The molecule has 1 aliphatic rings. The molecule has 0 saturated heterocycles. The van der Waals surface area contributed by atoms with Gasteiger partial charge in [-0.15, -0.1) is 0 Å². The van der Waals surface area contributed by atoms with Crippen molar-refractivity contribution >= 4 is 11.8 Å². The summed E-state index contributed by atoms with van der Waals surface area (Å²) in [4.78, 5) is 23.5. The number of aromatic hydroxyl groups is 1. The van der Waals surface area contributed by atoms with Gasteiger partial charge in [0.05, 0.1) is 25.6 Å². The molecule has 5 nitrogen and oxygen atoms in total. The van der Waals surface area contributed by atoms with Gasteiger partial charge in [-0.3, -0.25) is 9.59 Å². The Kier molecular flexibility index (Phi) is 3.50. The van der Waals surface area contributed by atoms with E-state index in [1.807, 2.05) is 0 Å². The van der Waals surface area contributed by atoms with Crippen LogP contribution in [-0.4, -0.2) is 30.1 Å². The molecular formula is C13H14O5. The molecule has 0 saturated carbocycles. The lowest BCUT2D eigenvalue weighted by atomic mass is 9.92. The Labute approximate surface area is 104 Å². The first-order valence-corrected chi connectivity index (χ1v) is 5.78. The lowest BCUT2D eigenvalue weighted by molar-refractivity contribution is -0.144. The van der Waals surface area contributed by atoms with Gasteiger partial charge in [-0.1, -0.05) is 6.07 Å². The maximum absolute atomic E-state index is 12.1. The fraction of sp³-hybridized carbons (Fsp3) is 0.385. The van der Waals surface area contributed by atoms with Gasteiger partial charge in [-0.25, -0.2) is 0 Å². The number of phenols is 1. The SMILES string of the molecule is CCOC(=O)CC1COc2cccc(O)c2C1=O. The van der Waals surface area contributed by atoms with Crippen LogP contribution in [0.5, 0.6) is 11.5 Å². The van der Waals surface area contributed by atoms with Crippen LogP contribution in [0.15, 0.2) is 18.2 Å². The summed E-state index contributed by atoms with van der Waals surface area (Å²) in [6, 6.07) is 4.65. The van der Waals surface area contributed by atoms with E-state index < -0.39 is 11.9 Å². The van der Waals surface area contributed by atoms with Crippen LogP contribution in [0.2, 0.25) is 0 Å². The molecule has 0 aromatic heterocycles. The van der Waals surface area contributed by atoms with Gasteiger partial charge in [0.1, 0.15) is 17.1 Å². The molecular weight excluding hydrogens is 236 g/mol. The highest BCUT2D eigenvalue weighted by molar-refractivity contribution is 6.04. The second kappa shape index (κ2) is 5.08. The molecule has 0 spiro atoms. The van der Waals surface area contributed by atoms with E-state index in [9.17, 15) is 14.7 Å². The highest BCUT2D eigenvalue weighted by Gasteiger charge is 2.32. The van der Waals surface area contributed by atoms with Crippen molar-refractivity contribution in [1.29, 1.82) is 0 Å². The van der Waals surface area contributed by atoms with Crippen LogP contribution in [0.3, 0.4) is 0 Å². The summed E-state index contributed by atoms with van der Waals surface area (Å²) in [6.45, 7) is 2.12. The summed E-state index contributed by atoms with van der Waals surface area (Å²) in [5.74, 6) is -1.06. The van der Waals surface area contributed by atoms with E-state index in [-0.39, 0.29) is 36.7 Å². The van der Waals surface area contributed by atoms with Crippen LogP contribution in [0, 0.1) is 5.92 Å². The van der Waals surface area contributed by atoms with Crippen LogP contribution in [0.25, 0.3) is 0 Å². The zero-order chi connectivity index (χ0) is 13.1. The molecule has 18 heavy (non-hydrogen) atoms. The number of hydrogen-bond donors (Lipinski definition) is 1. The van der Waals surface area contributed by atoms with Crippen molar-refractivity contribution < 1.29 is 24.2 Å². The molecule has 1 unspecified atom stereocenters. The number of fused-ring (bicyclic) bond motifs is 1. The number of benzene rings is 1. The Hall–Kier alpha value is -2.04. The van der Waals surface area contributed by atoms with E-state index in [0.29, 0.717) is 5.75 Å². The van der Waals surface area contributed by atoms with Crippen molar-refractivity contribution in [2.75, 3.05) is 13.2 Å². The third-order valence-electron chi connectivity index (χ3n) is 2.78. The Morgan fingerprint density at radius 1 is 1.56 bits per heavy atom. The van der Waals surface area contributed by atoms with E-state index in [1.165, 1.54) is 6.07 Å². The Balaban J connectivity index is 2.18. The number of Topliss-reactive ketones (excluding diaryl/α,β-unsaturated/α-hetero) is 1. The predicted octanol–water partition coefficient (Wildman–Crippen LogP) is 1.54. The van der Waals surface area contributed by atoms with Crippen LogP contribution in [0.1, 0.15) is 23.7 Å². The molecule has 0 amide bonds. The minimum Gasteiger partial charge on any atom is -0.507 e. The number of ketones is 1. The van der Waals surface area contributed by atoms with Crippen molar-refractivity contribution in [1.82, 2.24) is 0 Å². The molecule has 0 bridgehead atoms. The normalized spacial score (nSPS) is 17.8. The molecule has 1 N–H and O–H groups in total. The maximum atomic E-state index is 12.1. The van der Waals surface area contributed by atoms with Crippen LogP contribution >= 0.6 is 0 Å². The fourth-order valence-corrected chi connectivity index (χ4v) is 1.93. The van der Waals surface area contributed by atoms with Crippen LogP contribution < -0.4 is 4.74 Å². The summed E-state index contributed by atoms with van der Waals surface area (Å²) in [5.41, 5.74) is 0.151. The zero-order valence-corrected chi connectivity index (χ0v) is 10.0. The maximum Gasteiger partial charge on any atom is 0.306 e. The minimum absolute atomic E-state index is 0.0273. The molecule has 1 atom stereocenters. The van der Waals surface area contributed by atoms with Gasteiger partial charge in [-0.05, 0) is 19.1 Å². The number of carbonyl (C=O) groups is 2. The minimum atomic E-state index is -0.593. The second-order valence-electron chi connectivity index (χ2n) is 4.03. The summed E-state index contributed by atoms with van der Waals surface area (Å²) >= 11 is 0. The van der Waals surface area contributed by atoms with E-state index in [2.05, 4.69) is 0 Å². The number of ether oxygens (including phenoxy) is 2. The zero-order valence-electron chi connectivity index (χ0n) is 10.0. The molecule has 1 aromatic carbocycles. The van der Waals surface area contributed by atoms with Crippen molar-refractivity contribution in [3.8, 4) is 11.5 Å². The van der Waals surface area contributed by atoms with E-state index >= 15 is 0 Å². The average Bonchev–Trinajstić information content (AvgIpc) is 2.33. The lowest BCUT2D eigenvalue weighted by Gasteiger charge is -2.23. The van der Waals surface area contributed by atoms with Crippen LogP contribution in [-0.2, 0) is 9.53 Å². The molecule has 0 aliphatic carbocycles. The number of phenolic OH excluding ortho intramolecular Hbond substituents is 1. The number of rotatable bonds is 3. The predicted molar refractivity (Wildman–Crippen MR) is 62.7 cm³/mol. The number of esters is 1. The lowest BCUT2D eigenvalue weighted by Crippen LogP contribution is -2.30. The standard InChI is InChI=1S/C13H14O5/c1-2-17-11(15)6-8-7-18-10-5-3-4-9(14)12(10)13(8)16/h3-5,8,14H,2,6-7H2,1H3. The van der Waals surface area contributed by atoms with Gasteiger partial charge >= 0.3 is 5.97 Å². The summed E-state index contributed by atoms with van der Waals surface area (Å²) < 4.78 is 10.2. The smallest absolute Gasteiger partial charge is 0.306 e. The fourth-order valence-electron chi connectivity index (χ4n) is 1.93. The summed E-state index contributed by atoms with van der Waals surface area (Å²) in [6.07, 6.45) is -0.0273. The largest absolute Gasteiger partial charge is 0.507 e. The van der Waals surface area contributed by atoms with Gasteiger partial charge in [0, 0.05) is 0 Å². The van der Waals surface area contributed by atoms with Crippen molar-refractivity contribution in [3.05, 3.63) is 23.8 Å². The van der Waals surface area contributed by atoms with Crippen molar-refractivity contribution in [2.24, 2.45) is 5.92 Å². The van der Waals surface area contributed by atoms with E-state index in [1.54, 1.807) is 19.1 Å².